The zero-order valence-corrected chi connectivity index (χ0v) is 9.29. The van der Waals surface area contributed by atoms with Crippen molar-refractivity contribution >= 4 is 23.3 Å². The van der Waals surface area contributed by atoms with Crippen molar-refractivity contribution in [2.75, 3.05) is 0 Å². The Balaban J connectivity index is 2.63. The summed E-state index contributed by atoms with van der Waals surface area (Å²) in [7, 11) is 0. The van der Waals surface area contributed by atoms with Gasteiger partial charge in [-0.2, -0.15) is 0 Å². The van der Waals surface area contributed by atoms with Gasteiger partial charge in [-0.05, 0) is 18.8 Å². The summed E-state index contributed by atoms with van der Waals surface area (Å²) in [6, 6.07) is 9.79. The van der Waals surface area contributed by atoms with Crippen molar-refractivity contribution in [1.82, 2.24) is 0 Å². The Morgan fingerprint density at radius 2 is 2.07 bits per heavy atom. The van der Waals surface area contributed by atoms with Gasteiger partial charge in [0, 0.05) is 0 Å². The first kappa shape index (κ1) is 11.2. The highest BCUT2D eigenvalue weighted by molar-refractivity contribution is 7.10. The number of halogens is 1. The van der Waals surface area contributed by atoms with Gasteiger partial charge >= 0.3 is 6.33 Å². The number of rotatable bonds is 4. The van der Waals surface area contributed by atoms with Crippen molar-refractivity contribution in [2.24, 2.45) is 0 Å². The summed E-state index contributed by atoms with van der Waals surface area (Å²) in [5.74, 6) is 0.925. The molecule has 0 saturated carbocycles. The van der Waals surface area contributed by atoms with Crippen LogP contribution < -0.4 is 5.46 Å². The second kappa shape index (κ2) is 5.76. The van der Waals surface area contributed by atoms with Crippen LogP contribution in [0, 0.1) is 0 Å². The molecule has 0 N–H and O–H groups in total. The van der Waals surface area contributed by atoms with Crippen LogP contribution in [-0.2, 0) is 4.65 Å². The first-order valence-corrected chi connectivity index (χ1v) is 5.22. The van der Waals surface area contributed by atoms with Crippen LogP contribution in [0.2, 0.25) is 0 Å². The van der Waals surface area contributed by atoms with E-state index < -0.39 is 0 Å². The molecule has 0 heterocycles. The van der Waals surface area contributed by atoms with Gasteiger partial charge in [0.25, 0.3) is 0 Å². The predicted molar refractivity (Wildman–Crippen MR) is 62.8 cm³/mol. The SMILES string of the molecule is C/C=C(/CC)OB(Cl)c1ccccc1. The molecule has 0 unspecified atom stereocenters. The summed E-state index contributed by atoms with van der Waals surface area (Å²) in [5.41, 5.74) is 0.988. The summed E-state index contributed by atoms with van der Waals surface area (Å²) in [4.78, 5) is 0. The first-order valence-electron chi connectivity index (χ1n) is 4.78. The van der Waals surface area contributed by atoms with Crippen LogP contribution >= 0.6 is 11.5 Å². The highest BCUT2D eigenvalue weighted by atomic mass is 35.5. The molecule has 74 valence electrons. The number of allylic oxidation sites excluding steroid dienone is 2. The topological polar surface area (TPSA) is 9.23 Å². The van der Waals surface area contributed by atoms with Crippen LogP contribution in [0.3, 0.4) is 0 Å². The van der Waals surface area contributed by atoms with Crippen molar-refractivity contribution in [2.45, 2.75) is 20.3 Å². The van der Waals surface area contributed by atoms with Gasteiger partial charge in [-0.15, -0.1) is 11.5 Å². The Bertz CT molecular complexity index is 297. The fraction of sp³-hybridized carbons (Fsp3) is 0.273. The molecular formula is C11H14BClO. The number of benzene rings is 1. The lowest BCUT2D eigenvalue weighted by Gasteiger charge is -2.11. The van der Waals surface area contributed by atoms with Gasteiger partial charge in [0.15, 0.2) is 0 Å². The Labute approximate surface area is 90.8 Å². The highest BCUT2D eigenvalue weighted by Crippen LogP contribution is 2.07. The predicted octanol–water partition coefficient (Wildman–Crippen LogP) is 2.95. The standard InChI is InChI=1S/C11H14BClO/c1-3-11(4-2)14-12(13)10-8-6-5-7-9-10/h3,5-9H,4H2,1-2H3/b11-3-. The molecule has 1 nitrogen and oxygen atoms in total. The van der Waals surface area contributed by atoms with Crippen LogP contribution in [0.25, 0.3) is 0 Å². The van der Waals surface area contributed by atoms with Gasteiger partial charge in [-0.3, -0.25) is 0 Å². The normalized spacial score (nSPS) is 11.2. The first-order chi connectivity index (χ1) is 6.77. The third kappa shape index (κ3) is 3.11. The average molecular weight is 208 g/mol. The van der Waals surface area contributed by atoms with Gasteiger partial charge in [0.05, 0.1) is 5.76 Å². The molecule has 0 atom stereocenters. The molecule has 0 radical (unpaired) electrons. The molecule has 0 bridgehead atoms. The summed E-state index contributed by atoms with van der Waals surface area (Å²) in [6.45, 7) is 4.00. The van der Waals surface area contributed by atoms with Crippen molar-refractivity contribution in [3.63, 3.8) is 0 Å². The smallest absolute Gasteiger partial charge is 0.500 e. The zero-order chi connectivity index (χ0) is 10.4. The van der Waals surface area contributed by atoms with Crippen LogP contribution in [0.5, 0.6) is 0 Å². The summed E-state index contributed by atoms with van der Waals surface area (Å²) < 4.78 is 5.56. The second-order valence-corrected chi connectivity index (χ2v) is 3.35. The van der Waals surface area contributed by atoms with E-state index in [0.29, 0.717) is 0 Å². The molecule has 0 spiro atoms. The van der Waals surface area contributed by atoms with Crippen LogP contribution in [-0.4, -0.2) is 6.33 Å². The molecule has 0 amide bonds. The Hall–Kier alpha value is -0.885. The van der Waals surface area contributed by atoms with Crippen molar-refractivity contribution in [3.8, 4) is 0 Å². The maximum Gasteiger partial charge on any atom is 0.500 e. The molecule has 0 fully saturated rings. The molecule has 14 heavy (non-hydrogen) atoms. The van der Waals surface area contributed by atoms with E-state index in [-0.39, 0.29) is 6.33 Å². The minimum absolute atomic E-state index is 0.387. The van der Waals surface area contributed by atoms with E-state index in [0.717, 1.165) is 17.6 Å². The second-order valence-electron chi connectivity index (χ2n) is 2.95. The summed E-state index contributed by atoms with van der Waals surface area (Å²) >= 11 is 6.10. The molecule has 3 heteroatoms. The molecule has 1 aromatic carbocycles. The van der Waals surface area contributed by atoms with Gasteiger partial charge in [0.1, 0.15) is 0 Å². The molecule has 0 aromatic heterocycles. The monoisotopic (exact) mass is 208 g/mol. The van der Waals surface area contributed by atoms with E-state index in [1.165, 1.54) is 0 Å². The lowest BCUT2D eigenvalue weighted by molar-refractivity contribution is 0.435. The van der Waals surface area contributed by atoms with E-state index in [4.69, 9.17) is 16.1 Å². The molecule has 0 saturated heterocycles. The largest absolute Gasteiger partial charge is 0.546 e. The van der Waals surface area contributed by atoms with E-state index in [2.05, 4.69) is 0 Å². The van der Waals surface area contributed by atoms with E-state index >= 15 is 0 Å². The maximum atomic E-state index is 6.10. The maximum absolute atomic E-state index is 6.10. The van der Waals surface area contributed by atoms with Crippen molar-refractivity contribution in [1.29, 1.82) is 0 Å². The van der Waals surface area contributed by atoms with Crippen LogP contribution in [0.15, 0.2) is 42.2 Å². The fourth-order valence-electron chi connectivity index (χ4n) is 1.16. The van der Waals surface area contributed by atoms with E-state index in [1.807, 2.05) is 50.3 Å². The minimum Gasteiger partial charge on any atom is -0.546 e. The fourth-order valence-corrected chi connectivity index (χ4v) is 1.42. The third-order valence-corrected chi connectivity index (χ3v) is 2.33. The summed E-state index contributed by atoms with van der Waals surface area (Å²) in [5, 5.41) is 0. The highest BCUT2D eigenvalue weighted by Gasteiger charge is 2.17. The van der Waals surface area contributed by atoms with Crippen LogP contribution in [0.4, 0.5) is 0 Å². The van der Waals surface area contributed by atoms with Crippen molar-refractivity contribution in [3.05, 3.63) is 42.2 Å². The quantitative estimate of drug-likeness (QED) is 0.546. The summed E-state index contributed by atoms with van der Waals surface area (Å²) in [6.07, 6.45) is 2.42. The minimum atomic E-state index is -0.387. The number of hydrogen-bond acceptors (Lipinski definition) is 1. The molecule has 1 rings (SSSR count). The molecule has 0 aliphatic heterocycles. The zero-order valence-electron chi connectivity index (χ0n) is 8.53. The lowest BCUT2D eigenvalue weighted by Crippen LogP contribution is -2.27. The third-order valence-electron chi connectivity index (χ3n) is 1.99. The lowest BCUT2D eigenvalue weighted by atomic mass is 9.86. The van der Waals surface area contributed by atoms with Gasteiger partial charge < -0.3 is 4.65 Å². The molecule has 1 aromatic rings. The van der Waals surface area contributed by atoms with Gasteiger partial charge in [-0.1, -0.05) is 43.3 Å². The van der Waals surface area contributed by atoms with Crippen molar-refractivity contribution < 1.29 is 4.65 Å². The Morgan fingerprint density at radius 3 is 2.57 bits per heavy atom. The molecule has 0 aliphatic carbocycles. The Morgan fingerprint density at radius 1 is 1.43 bits per heavy atom. The Kier molecular flexibility index (Phi) is 4.61. The molecule has 0 aliphatic rings. The van der Waals surface area contributed by atoms with Crippen LogP contribution in [0.1, 0.15) is 20.3 Å². The van der Waals surface area contributed by atoms with E-state index in [1.54, 1.807) is 0 Å². The average Bonchev–Trinajstić information content (AvgIpc) is 2.26. The van der Waals surface area contributed by atoms with Gasteiger partial charge in [-0.25, -0.2) is 0 Å². The number of hydrogen-bond donors (Lipinski definition) is 0. The van der Waals surface area contributed by atoms with E-state index in [9.17, 15) is 0 Å². The molecular weight excluding hydrogens is 194 g/mol. The van der Waals surface area contributed by atoms with Gasteiger partial charge in [0.2, 0.25) is 0 Å².